The summed E-state index contributed by atoms with van der Waals surface area (Å²) in [5.41, 5.74) is 1.50. The van der Waals surface area contributed by atoms with E-state index in [4.69, 9.17) is 0 Å². The molecule has 0 unspecified atom stereocenters. The van der Waals surface area contributed by atoms with Crippen LogP contribution in [0, 0.1) is 15.9 Å². The molecule has 1 fully saturated rings. The van der Waals surface area contributed by atoms with E-state index in [-0.39, 0.29) is 29.9 Å². The number of piperidine rings is 1. The summed E-state index contributed by atoms with van der Waals surface area (Å²) in [4.78, 5) is 25.0. The first-order chi connectivity index (χ1) is 14.0. The first-order valence-corrected chi connectivity index (χ1v) is 9.75. The Hall–Kier alpha value is -3.00. The highest BCUT2D eigenvalue weighted by Gasteiger charge is 2.21. The van der Waals surface area contributed by atoms with E-state index in [1.165, 1.54) is 18.2 Å². The molecule has 2 N–H and O–H groups in total. The molecular weight excluding hydrogens is 375 g/mol. The molecule has 0 aromatic heterocycles. The molecule has 0 atom stereocenters. The van der Waals surface area contributed by atoms with E-state index in [0.29, 0.717) is 12.2 Å². The number of nitro groups is 1. The summed E-state index contributed by atoms with van der Waals surface area (Å²) in [5, 5.41) is 17.0. The third-order valence-corrected chi connectivity index (χ3v) is 5.04. The molecule has 0 spiro atoms. The summed E-state index contributed by atoms with van der Waals surface area (Å²) >= 11 is 0. The maximum atomic E-state index is 13.0. The molecule has 3 rings (SSSR count). The number of nitrogens with zero attached hydrogens (tertiary/aromatic N) is 2. The number of halogens is 1. The second-order valence-corrected chi connectivity index (χ2v) is 7.20. The number of para-hydroxylation sites is 2. The Morgan fingerprint density at radius 2 is 1.83 bits per heavy atom. The first kappa shape index (κ1) is 20.7. The molecular formula is C21H25FN4O3. The van der Waals surface area contributed by atoms with Crippen LogP contribution in [0.25, 0.3) is 0 Å². The Labute approximate surface area is 169 Å². The van der Waals surface area contributed by atoms with E-state index in [9.17, 15) is 19.3 Å². The zero-order valence-corrected chi connectivity index (χ0v) is 16.1. The predicted molar refractivity (Wildman–Crippen MR) is 109 cm³/mol. The lowest BCUT2D eigenvalue weighted by Crippen LogP contribution is -2.44. The number of carbonyl (C=O) groups excluding carboxylic acids is 1. The van der Waals surface area contributed by atoms with E-state index in [1.54, 1.807) is 30.3 Å². The van der Waals surface area contributed by atoms with Crippen LogP contribution in [0.1, 0.15) is 24.8 Å². The minimum Gasteiger partial charge on any atom is -0.379 e. The number of nitro benzene ring substituents is 1. The average molecular weight is 400 g/mol. The van der Waals surface area contributed by atoms with Crippen LogP contribution < -0.4 is 10.6 Å². The molecule has 2 aromatic rings. The van der Waals surface area contributed by atoms with Gasteiger partial charge in [0.25, 0.3) is 5.69 Å². The molecule has 2 aromatic carbocycles. The lowest BCUT2D eigenvalue weighted by Gasteiger charge is -2.32. The lowest BCUT2D eigenvalue weighted by atomic mass is 10.0. The summed E-state index contributed by atoms with van der Waals surface area (Å²) in [6.45, 7) is 2.86. The van der Waals surface area contributed by atoms with Crippen LogP contribution in [0.2, 0.25) is 0 Å². The van der Waals surface area contributed by atoms with Crippen molar-refractivity contribution in [3.05, 3.63) is 70.0 Å². The van der Waals surface area contributed by atoms with Gasteiger partial charge in [-0.1, -0.05) is 24.3 Å². The van der Waals surface area contributed by atoms with Crippen molar-refractivity contribution in [3.8, 4) is 0 Å². The number of benzene rings is 2. The molecule has 154 valence electrons. The molecule has 8 heteroatoms. The van der Waals surface area contributed by atoms with E-state index < -0.39 is 4.92 Å². The van der Waals surface area contributed by atoms with Gasteiger partial charge in [-0.15, -0.1) is 0 Å². The van der Waals surface area contributed by atoms with Crippen molar-refractivity contribution < 1.29 is 14.1 Å². The highest BCUT2D eigenvalue weighted by atomic mass is 19.1. The van der Waals surface area contributed by atoms with Crippen molar-refractivity contribution in [2.24, 2.45) is 0 Å². The van der Waals surface area contributed by atoms with Gasteiger partial charge in [-0.3, -0.25) is 19.8 Å². The number of amides is 1. The van der Waals surface area contributed by atoms with Crippen LogP contribution in [0.4, 0.5) is 15.8 Å². The van der Waals surface area contributed by atoms with Crippen LogP contribution in [-0.2, 0) is 11.3 Å². The average Bonchev–Trinajstić information content (AvgIpc) is 2.71. The SMILES string of the molecule is O=C(CCNc1ccccc1[N+](=O)[O-])NC1CCN(Cc2ccc(F)cc2)CC1. The zero-order chi connectivity index (χ0) is 20.6. The van der Waals surface area contributed by atoms with E-state index in [0.717, 1.165) is 38.0 Å². The standard InChI is InChI=1S/C21H25FN4O3/c22-17-7-5-16(6-8-17)15-25-13-10-18(11-14-25)24-21(27)9-12-23-19-3-1-2-4-20(19)26(28)29/h1-8,18,23H,9-15H2,(H,24,27). The Balaban J connectivity index is 1.36. The molecule has 1 aliphatic rings. The number of hydrogen-bond acceptors (Lipinski definition) is 5. The molecule has 0 saturated carbocycles. The van der Waals surface area contributed by atoms with Gasteiger partial charge in [-0.25, -0.2) is 4.39 Å². The van der Waals surface area contributed by atoms with Gasteiger partial charge in [0.05, 0.1) is 4.92 Å². The van der Waals surface area contributed by atoms with Crippen molar-refractivity contribution in [2.45, 2.75) is 31.8 Å². The number of anilines is 1. The minimum atomic E-state index is -0.442. The number of nitrogens with one attached hydrogen (secondary N) is 2. The Morgan fingerprint density at radius 1 is 1.14 bits per heavy atom. The van der Waals surface area contributed by atoms with Gasteiger partial charge in [-0.05, 0) is 36.6 Å². The fourth-order valence-corrected chi connectivity index (χ4v) is 3.48. The predicted octanol–water partition coefficient (Wildman–Crippen LogP) is 3.32. The summed E-state index contributed by atoms with van der Waals surface area (Å²) < 4.78 is 13.0. The summed E-state index contributed by atoms with van der Waals surface area (Å²) in [6.07, 6.45) is 1.98. The second-order valence-electron chi connectivity index (χ2n) is 7.20. The van der Waals surface area contributed by atoms with E-state index >= 15 is 0 Å². The number of hydrogen-bond donors (Lipinski definition) is 2. The van der Waals surface area contributed by atoms with Crippen molar-refractivity contribution in [2.75, 3.05) is 25.0 Å². The van der Waals surface area contributed by atoms with Gasteiger partial charge in [0.15, 0.2) is 0 Å². The zero-order valence-electron chi connectivity index (χ0n) is 16.1. The molecule has 7 nitrogen and oxygen atoms in total. The Kier molecular flexibility index (Phi) is 7.13. The van der Waals surface area contributed by atoms with Crippen LogP contribution in [-0.4, -0.2) is 41.4 Å². The maximum Gasteiger partial charge on any atom is 0.292 e. The normalized spacial score (nSPS) is 15.1. The summed E-state index contributed by atoms with van der Waals surface area (Å²) in [5.74, 6) is -0.292. The molecule has 1 aliphatic heterocycles. The van der Waals surface area contributed by atoms with Crippen LogP contribution >= 0.6 is 0 Å². The second kappa shape index (κ2) is 9.97. The van der Waals surface area contributed by atoms with Gasteiger partial charge in [0, 0.05) is 44.7 Å². The van der Waals surface area contributed by atoms with Gasteiger partial charge in [0.1, 0.15) is 11.5 Å². The Bertz CT molecular complexity index is 836. The highest BCUT2D eigenvalue weighted by Crippen LogP contribution is 2.23. The topological polar surface area (TPSA) is 87.5 Å². The van der Waals surface area contributed by atoms with Crippen molar-refractivity contribution in [1.82, 2.24) is 10.2 Å². The van der Waals surface area contributed by atoms with Gasteiger partial charge < -0.3 is 10.6 Å². The quantitative estimate of drug-likeness (QED) is 0.524. The third-order valence-electron chi connectivity index (χ3n) is 5.04. The smallest absolute Gasteiger partial charge is 0.292 e. The Morgan fingerprint density at radius 3 is 2.52 bits per heavy atom. The van der Waals surface area contributed by atoms with E-state index in [1.807, 2.05) is 0 Å². The van der Waals surface area contributed by atoms with E-state index in [2.05, 4.69) is 15.5 Å². The lowest BCUT2D eigenvalue weighted by molar-refractivity contribution is -0.384. The molecule has 0 aliphatic carbocycles. The first-order valence-electron chi connectivity index (χ1n) is 9.75. The number of likely N-dealkylation sites (tertiary alicyclic amines) is 1. The fourth-order valence-electron chi connectivity index (χ4n) is 3.48. The van der Waals surface area contributed by atoms with Crippen LogP contribution in [0.5, 0.6) is 0 Å². The van der Waals surface area contributed by atoms with Crippen molar-refractivity contribution >= 4 is 17.3 Å². The van der Waals surface area contributed by atoms with Gasteiger partial charge >= 0.3 is 0 Å². The van der Waals surface area contributed by atoms with Gasteiger partial charge in [-0.2, -0.15) is 0 Å². The number of rotatable bonds is 8. The molecule has 1 amide bonds. The molecule has 29 heavy (non-hydrogen) atoms. The van der Waals surface area contributed by atoms with Crippen molar-refractivity contribution in [1.29, 1.82) is 0 Å². The number of carbonyl (C=O) groups is 1. The third kappa shape index (κ3) is 6.25. The van der Waals surface area contributed by atoms with Gasteiger partial charge in [0.2, 0.25) is 5.91 Å². The molecule has 0 bridgehead atoms. The molecule has 0 radical (unpaired) electrons. The molecule has 1 saturated heterocycles. The van der Waals surface area contributed by atoms with Crippen LogP contribution in [0.3, 0.4) is 0 Å². The molecule has 1 heterocycles. The summed E-state index contributed by atoms with van der Waals surface area (Å²) in [6, 6.07) is 13.1. The highest BCUT2D eigenvalue weighted by molar-refractivity contribution is 5.77. The fraction of sp³-hybridized carbons (Fsp3) is 0.381. The van der Waals surface area contributed by atoms with Crippen molar-refractivity contribution in [3.63, 3.8) is 0 Å². The van der Waals surface area contributed by atoms with Crippen LogP contribution in [0.15, 0.2) is 48.5 Å². The summed E-state index contributed by atoms with van der Waals surface area (Å²) in [7, 11) is 0. The maximum absolute atomic E-state index is 13.0. The monoisotopic (exact) mass is 400 g/mol. The largest absolute Gasteiger partial charge is 0.379 e. The minimum absolute atomic E-state index is 0.00133.